The lowest BCUT2D eigenvalue weighted by Crippen LogP contribution is -2.41. The highest BCUT2D eigenvalue weighted by atomic mass is 35.5. The Labute approximate surface area is 161 Å². The quantitative estimate of drug-likeness (QED) is 0.343. The van der Waals surface area contributed by atoms with Gasteiger partial charge in [-0.2, -0.15) is 0 Å². The number of hydrogen-bond acceptors (Lipinski definition) is 5. The predicted molar refractivity (Wildman–Crippen MR) is 106 cm³/mol. The van der Waals surface area contributed by atoms with Crippen molar-refractivity contribution < 1.29 is 17.9 Å². The molecule has 1 N–H and O–H groups in total. The summed E-state index contributed by atoms with van der Waals surface area (Å²) in [5, 5.41) is 3.84. The standard InChI is InChI=1S/C17H28ClN3O4S/c1-4-19-17(20-8-10-24-12-13-26(3,22)23)21(2)9-11-25-16-7-5-6-15(18)14-16/h5-7,14H,4,8-13H2,1-3H3,(H,19,20). The maximum Gasteiger partial charge on any atom is 0.193 e. The lowest BCUT2D eigenvalue weighted by Gasteiger charge is -2.22. The van der Waals surface area contributed by atoms with Crippen LogP contribution >= 0.6 is 11.6 Å². The van der Waals surface area contributed by atoms with Crippen LogP contribution in [-0.2, 0) is 14.6 Å². The molecule has 0 heterocycles. The van der Waals surface area contributed by atoms with Crippen molar-refractivity contribution in [2.75, 3.05) is 58.5 Å². The highest BCUT2D eigenvalue weighted by Gasteiger charge is 2.06. The van der Waals surface area contributed by atoms with E-state index < -0.39 is 9.84 Å². The lowest BCUT2D eigenvalue weighted by molar-refractivity contribution is 0.157. The molecule has 0 spiro atoms. The Hall–Kier alpha value is -1.51. The number of nitrogens with zero attached hydrogens (tertiary/aromatic N) is 2. The highest BCUT2D eigenvalue weighted by Crippen LogP contribution is 2.16. The van der Waals surface area contributed by atoms with Crippen molar-refractivity contribution >= 4 is 27.4 Å². The predicted octanol–water partition coefficient (Wildman–Crippen LogP) is 1.68. The van der Waals surface area contributed by atoms with E-state index in [0.29, 0.717) is 31.3 Å². The largest absolute Gasteiger partial charge is 0.492 e. The second kappa shape index (κ2) is 12.0. The van der Waals surface area contributed by atoms with Gasteiger partial charge >= 0.3 is 0 Å². The molecule has 1 aromatic rings. The molecule has 0 unspecified atom stereocenters. The van der Waals surface area contributed by atoms with Crippen LogP contribution in [0.5, 0.6) is 5.75 Å². The summed E-state index contributed by atoms with van der Waals surface area (Å²) in [6.07, 6.45) is 1.19. The van der Waals surface area contributed by atoms with Crippen molar-refractivity contribution in [3.63, 3.8) is 0 Å². The molecular weight excluding hydrogens is 378 g/mol. The van der Waals surface area contributed by atoms with Gasteiger partial charge in [-0.3, -0.25) is 4.99 Å². The van der Waals surface area contributed by atoms with E-state index in [9.17, 15) is 8.42 Å². The summed E-state index contributed by atoms with van der Waals surface area (Å²) in [6.45, 7) is 4.89. The second-order valence-corrected chi connectivity index (χ2v) is 8.40. The van der Waals surface area contributed by atoms with Crippen molar-refractivity contribution in [1.82, 2.24) is 10.2 Å². The molecule has 0 radical (unpaired) electrons. The van der Waals surface area contributed by atoms with E-state index in [0.717, 1.165) is 18.3 Å². The van der Waals surface area contributed by atoms with E-state index in [4.69, 9.17) is 21.1 Å². The average molecular weight is 406 g/mol. The van der Waals surface area contributed by atoms with Crippen molar-refractivity contribution in [2.24, 2.45) is 4.99 Å². The summed E-state index contributed by atoms with van der Waals surface area (Å²) in [6, 6.07) is 7.28. The summed E-state index contributed by atoms with van der Waals surface area (Å²) in [7, 11) is -1.07. The molecule has 0 aliphatic carbocycles. The van der Waals surface area contributed by atoms with E-state index in [2.05, 4.69) is 10.3 Å². The first-order chi connectivity index (χ1) is 12.3. The molecule has 0 aliphatic rings. The third-order valence-electron chi connectivity index (χ3n) is 3.28. The van der Waals surface area contributed by atoms with Gasteiger partial charge in [0.1, 0.15) is 22.2 Å². The Morgan fingerprint density at radius 3 is 2.73 bits per heavy atom. The van der Waals surface area contributed by atoms with Gasteiger partial charge in [-0.15, -0.1) is 0 Å². The molecule has 1 rings (SSSR count). The Balaban J connectivity index is 2.36. The van der Waals surface area contributed by atoms with Crippen LogP contribution in [0, 0.1) is 0 Å². The number of ether oxygens (including phenoxy) is 2. The van der Waals surface area contributed by atoms with Gasteiger partial charge in [0.15, 0.2) is 5.96 Å². The number of sulfone groups is 1. The van der Waals surface area contributed by atoms with Gasteiger partial charge in [-0.25, -0.2) is 8.42 Å². The van der Waals surface area contributed by atoms with Crippen molar-refractivity contribution in [2.45, 2.75) is 6.92 Å². The van der Waals surface area contributed by atoms with Gasteiger partial charge in [0.25, 0.3) is 0 Å². The Bertz CT molecular complexity index is 668. The molecule has 26 heavy (non-hydrogen) atoms. The molecule has 148 valence electrons. The molecule has 0 aromatic heterocycles. The number of hydrogen-bond donors (Lipinski definition) is 1. The summed E-state index contributed by atoms with van der Waals surface area (Å²) >= 11 is 5.93. The number of likely N-dealkylation sites (N-methyl/N-ethyl adjacent to an activating group) is 1. The molecule has 0 saturated carbocycles. The summed E-state index contributed by atoms with van der Waals surface area (Å²) in [4.78, 5) is 6.43. The minimum atomic E-state index is -2.99. The second-order valence-electron chi connectivity index (χ2n) is 5.71. The number of rotatable bonds is 11. The van der Waals surface area contributed by atoms with E-state index in [-0.39, 0.29) is 12.4 Å². The summed E-state index contributed by atoms with van der Waals surface area (Å²) in [5.74, 6) is 1.50. The zero-order chi connectivity index (χ0) is 19.4. The summed E-state index contributed by atoms with van der Waals surface area (Å²) in [5.41, 5.74) is 0. The molecule has 0 bridgehead atoms. The van der Waals surface area contributed by atoms with Gasteiger partial charge in [0.05, 0.1) is 32.1 Å². The minimum Gasteiger partial charge on any atom is -0.492 e. The molecule has 0 saturated heterocycles. The van der Waals surface area contributed by atoms with Crippen LogP contribution in [-0.4, -0.2) is 77.8 Å². The first kappa shape index (κ1) is 22.5. The van der Waals surface area contributed by atoms with Gasteiger partial charge in [0, 0.05) is 24.9 Å². The lowest BCUT2D eigenvalue weighted by atomic mass is 10.3. The fourth-order valence-corrected chi connectivity index (χ4v) is 2.56. The maximum absolute atomic E-state index is 11.0. The smallest absolute Gasteiger partial charge is 0.193 e. The van der Waals surface area contributed by atoms with Crippen LogP contribution in [0.15, 0.2) is 29.3 Å². The Kier molecular flexibility index (Phi) is 10.4. The Morgan fingerprint density at radius 1 is 1.31 bits per heavy atom. The van der Waals surface area contributed by atoms with Crippen molar-refractivity contribution in [1.29, 1.82) is 0 Å². The first-order valence-electron chi connectivity index (χ1n) is 8.45. The summed E-state index contributed by atoms with van der Waals surface area (Å²) < 4.78 is 33.0. The monoisotopic (exact) mass is 405 g/mol. The number of aliphatic imine (C=N–C) groups is 1. The van der Waals surface area contributed by atoms with Gasteiger partial charge in [-0.05, 0) is 25.1 Å². The highest BCUT2D eigenvalue weighted by molar-refractivity contribution is 7.90. The van der Waals surface area contributed by atoms with Crippen molar-refractivity contribution in [3.05, 3.63) is 29.3 Å². The fraction of sp³-hybridized carbons (Fsp3) is 0.588. The third-order valence-corrected chi connectivity index (χ3v) is 4.43. The van der Waals surface area contributed by atoms with E-state index in [1.807, 2.05) is 31.0 Å². The Morgan fingerprint density at radius 2 is 2.08 bits per heavy atom. The molecule has 0 atom stereocenters. The molecule has 9 heteroatoms. The topological polar surface area (TPSA) is 80.2 Å². The fourth-order valence-electron chi connectivity index (χ4n) is 1.96. The minimum absolute atomic E-state index is 0.0253. The van der Waals surface area contributed by atoms with Crippen LogP contribution in [0.1, 0.15) is 6.92 Å². The van der Waals surface area contributed by atoms with Crippen LogP contribution in [0.25, 0.3) is 0 Å². The van der Waals surface area contributed by atoms with E-state index >= 15 is 0 Å². The van der Waals surface area contributed by atoms with E-state index in [1.54, 1.807) is 12.1 Å². The van der Waals surface area contributed by atoms with Crippen LogP contribution in [0.4, 0.5) is 0 Å². The first-order valence-corrected chi connectivity index (χ1v) is 10.9. The third kappa shape index (κ3) is 10.5. The van der Waals surface area contributed by atoms with Gasteiger partial charge in [0.2, 0.25) is 0 Å². The van der Waals surface area contributed by atoms with E-state index in [1.165, 1.54) is 6.26 Å². The van der Waals surface area contributed by atoms with Crippen LogP contribution in [0.2, 0.25) is 5.02 Å². The normalized spacial score (nSPS) is 12.1. The molecule has 0 amide bonds. The molecule has 0 aliphatic heterocycles. The zero-order valence-electron chi connectivity index (χ0n) is 15.6. The molecule has 0 fully saturated rings. The van der Waals surface area contributed by atoms with Crippen LogP contribution < -0.4 is 10.1 Å². The molecule has 7 nitrogen and oxygen atoms in total. The van der Waals surface area contributed by atoms with Gasteiger partial charge < -0.3 is 19.7 Å². The zero-order valence-corrected chi connectivity index (χ0v) is 17.1. The van der Waals surface area contributed by atoms with Gasteiger partial charge in [-0.1, -0.05) is 17.7 Å². The average Bonchev–Trinajstić information content (AvgIpc) is 2.56. The SMILES string of the molecule is CCNC(=NCCOCCS(C)(=O)=O)N(C)CCOc1cccc(Cl)c1. The molecule has 1 aromatic carbocycles. The van der Waals surface area contributed by atoms with Crippen LogP contribution in [0.3, 0.4) is 0 Å². The number of halogens is 1. The number of nitrogens with one attached hydrogen (secondary N) is 1. The molecular formula is C17H28ClN3O4S. The number of benzene rings is 1. The number of guanidine groups is 1. The maximum atomic E-state index is 11.0. The van der Waals surface area contributed by atoms with Crippen molar-refractivity contribution in [3.8, 4) is 5.75 Å².